The SMILES string of the molecule is CCC(C[O-])N(C)CC.[K+]. The van der Waals surface area contributed by atoms with Crippen molar-refractivity contribution < 1.29 is 56.5 Å². The molecule has 10 heavy (non-hydrogen) atoms. The van der Waals surface area contributed by atoms with Crippen molar-refractivity contribution in [3.63, 3.8) is 0 Å². The number of likely N-dealkylation sites (N-methyl/N-ethyl adjacent to an activating group) is 1. The molecule has 0 saturated heterocycles. The largest absolute Gasteiger partial charge is 1.00 e. The van der Waals surface area contributed by atoms with Crippen LogP contribution >= 0.6 is 0 Å². The van der Waals surface area contributed by atoms with Crippen LogP contribution < -0.4 is 56.5 Å². The summed E-state index contributed by atoms with van der Waals surface area (Å²) in [4.78, 5) is 2.09. The van der Waals surface area contributed by atoms with Gasteiger partial charge in [-0.05, 0) is 26.1 Å². The third-order valence-electron chi connectivity index (χ3n) is 1.79. The zero-order valence-corrected chi connectivity index (χ0v) is 10.7. The predicted molar refractivity (Wildman–Crippen MR) is 37.2 cm³/mol. The molecule has 0 aliphatic heterocycles. The molecule has 0 fully saturated rings. The quantitative estimate of drug-likeness (QED) is 0.422. The summed E-state index contributed by atoms with van der Waals surface area (Å²) in [7, 11) is 1.99. The first-order valence-corrected chi connectivity index (χ1v) is 3.54. The molecule has 0 saturated carbocycles. The summed E-state index contributed by atoms with van der Waals surface area (Å²) in [6, 6.07) is 0.245. The molecule has 1 atom stereocenters. The van der Waals surface area contributed by atoms with Crippen LogP contribution in [0.2, 0.25) is 0 Å². The molecule has 0 N–H and O–H groups in total. The maximum absolute atomic E-state index is 10.4. The van der Waals surface area contributed by atoms with E-state index in [0.717, 1.165) is 13.0 Å². The fourth-order valence-electron chi connectivity index (χ4n) is 0.815. The second-order valence-electron chi connectivity index (χ2n) is 2.30. The van der Waals surface area contributed by atoms with Crippen molar-refractivity contribution in [3.05, 3.63) is 0 Å². The maximum Gasteiger partial charge on any atom is 1.00 e. The summed E-state index contributed by atoms with van der Waals surface area (Å²) in [6.07, 6.45) is 0.966. The third kappa shape index (κ3) is 5.24. The number of rotatable bonds is 4. The van der Waals surface area contributed by atoms with Crippen molar-refractivity contribution >= 4 is 0 Å². The average Bonchev–Trinajstić information content (AvgIpc) is 1.90. The molecule has 0 aromatic rings. The van der Waals surface area contributed by atoms with Crippen molar-refractivity contribution in [1.29, 1.82) is 0 Å². The van der Waals surface area contributed by atoms with Gasteiger partial charge in [0.15, 0.2) is 0 Å². The molecule has 0 spiro atoms. The van der Waals surface area contributed by atoms with E-state index < -0.39 is 0 Å². The minimum Gasteiger partial charge on any atom is -0.853 e. The van der Waals surface area contributed by atoms with E-state index in [0.29, 0.717) is 0 Å². The predicted octanol–water partition coefficient (Wildman–Crippen LogP) is -2.92. The van der Waals surface area contributed by atoms with E-state index in [1.54, 1.807) is 0 Å². The number of hydrogen-bond donors (Lipinski definition) is 0. The van der Waals surface area contributed by atoms with E-state index in [-0.39, 0.29) is 64.0 Å². The van der Waals surface area contributed by atoms with E-state index in [1.807, 2.05) is 7.05 Å². The first kappa shape index (κ1) is 14.1. The summed E-state index contributed by atoms with van der Waals surface area (Å²) in [5, 5.41) is 10.4. The van der Waals surface area contributed by atoms with Gasteiger partial charge >= 0.3 is 51.4 Å². The molecule has 1 unspecified atom stereocenters. The Morgan fingerprint density at radius 1 is 1.40 bits per heavy atom. The van der Waals surface area contributed by atoms with Crippen LogP contribution in [-0.4, -0.2) is 31.1 Å². The molecule has 0 heterocycles. The Balaban J connectivity index is 0. The van der Waals surface area contributed by atoms with Gasteiger partial charge in [0.2, 0.25) is 0 Å². The molecule has 0 radical (unpaired) electrons. The fourth-order valence-corrected chi connectivity index (χ4v) is 0.815. The minimum absolute atomic E-state index is 0. The molecule has 2 nitrogen and oxygen atoms in total. The summed E-state index contributed by atoms with van der Waals surface area (Å²) < 4.78 is 0. The smallest absolute Gasteiger partial charge is 0.853 e. The Bertz CT molecular complexity index is 66.6. The molecule has 3 heteroatoms. The third-order valence-corrected chi connectivity index (χ3v) is 1.79. The number of nitrogens with zero attached hydrogens (tertiary/aromatic N) is 1. The van der Waals surface area contributed by atoms with Crippen LogP contribution in [0, 0.1) is 0 Å². The van der Waals surface area contributed by atoms with Crippen molar-refractivity contribution in [2.45, 2.75) is 26.3 Å². The van der Waals surface area contributed by atoms with Gasteiger partial charge in [0, 0.05) is 0 Å². The first-order chi connectivity index (χ1) is 4.26. The van der Waals surface area contributed by atoms with E-state index in [4.69, 9.17) is 0 Å². The van der Waals surface area contributed by atoms with Gasteiger partial charge in [-0.1, -0.05) is 13.8 Å². The van der Waals surface area contributed by atoms with E-state index in [2.05, 4.69) is 18.7 Å². The first-order valence-electron chi connectivity index (χ1n) is 3.54. The Kier molecular flexibility index (Phi) is 12.2. The summed E-state index contributed by atoms with van der Waals surface area (Å²) in [5.74, 6) is 0. The summed E-state index contributed by atoms with van der Waals surface area (Å²) in [5.41, 5.74) is 0. The van der Waals surface area contributed by atoms with Crippen LogP contribution in [0.25, 0.3) is 0 Å². The molecule has 56 valence electrons. The second kappa shape index (κ2) is 8.65. The van der Waals surface area contributed by atoms with Gasteiger partial charge in [0.1, 0.15) is 0 Å². The minimum atomic E-state index is 0. The maximum atomic E-state index is 10.4. The average molecular weight is 169 g/mol. The molecule has 0 aromatic carbocycles. The van der Waals surface area contributed by atoms with Crippen LogP contribution in [-0.2, 0) is 0 Å². The Morgan fingerprint density at radius 3 is 2.00 bits per heavy atom. The Morgan fingerprint density at radius 2 is 1.90 bits per heavy atom. The van der Waals surface area contributed by atoms with Crippen molar-refractivity contribution in [3.8, 4) is 0 Å². The fraction of sp³-hybridized carbons (Fsp3) is 1.00. The van der Waals surface area contributed by atoms with Crippen molar-refractivity contribution in [2.24, 2.45) is 0 Å². The van der Waals surface area contributed by atoms with Gasteiger partial charge in [-0.2, -0.15) is 0 Å². The Hall–Kier alpha value is 1.56. The van der Waals surface area contributed by atoms with Gasteiger partial charge in [-0.25, -0.2) is 0 Å². The van der Waals surface area contributed by atoms with Gasteiger partial charge in [-0.15, -0.1) is 6.61 Å². The Labute approximate surface area is 106 Å². The molecular formula is C7H16KNO. The summed E-state index contributed by atoms with van der Waals surface area (Å²) >= 11 is 0. The van der Waals surface area contributed by atoms with Gasteiger partial charge in [0.25, 0.3) is 0 Å². The summed E-state index contributed by atoms with van der Waals surface area (Å²) in [6.45, 7) is 5.12. The van der Waals surface area contributed by atoms with Crippen LogP contribution in [0.15, 0.2) is 0 Å². The monoisotopic (exact) mass is 169 g/mol. The molecule has 0 amide bonds. The number of hydrogen-bond acceptors (Lipinski definition) is 2. The molecule has 0 aromatic heterocycles. The zero-order chi connectivity index (χ0) is 7.28. The zero-order valence-electron chi connectivity index (χ0n) is 7.55. The topological polar surface area (TPSA) is 26.3 Å². The second-order valence-corrected chi connectivity index (χ2v) is 2.30. The van der Waals surface area contributed by atoms with Crippen molar-refractivity contribution in [2.75, 3.05) is 20.2 Å². The molecule has 0 aliphatic carbocycles. The molecule has 0 rings (SSSR count). The van der Waals surface area contributed by atoms with Crippen molar-refractivity contribution in [1.82, 2.24) is 4.90 Å². The van der Waals surface area contributed by atoms with E-state index >= 15 is 0 Å². The van der Waals surface area contributed by atoms with Crippen LogP contribution in [0.1, 0.15) is 20.3 Å². The standard InChI is InChI=1S/C7H16NO.K/c1-4-7(6-9)8(3)5-2;/h7H,4-6H2,1-3H3;/q-1;+1. The normalized spacial score (nSPS) is 12.9. The van der Waals surface area contributed by atoms with Crippen LogP contribution in [0.3, 0.4) is 0 Å². The van der Waals surface area contributed by atoms with E-state index in [9.17, 15) is 5.11 Å². The van der Waals surface area contributed by atoms with Gasteiger partial charge in [-0.3, -0.25) is 0 Å². The molecular weight excluding hydrogens is 153 g/mol. The molecule has 0 bridgehead atoms. The van der Waals surface area contributed by atoms with E-state index in [1.165, 1.54) is 0 Å². The molecule has 0 aliphatic rings. The van der Waals surface area contributed by atoms with Gasteiger partial charge in [0.05, 0.1) is 0 Å². The van der Waals surface area contributed by atoms with Crippen LogP contribution in [0.4, 0.5) is 0 Å². The van der Waals surface area contributed by atoms with Crippen LogP contribution in [0.5, 0.6) is 0 Å². The van der Waals surface area contributed by atoms with Gasteiger partial charge < -0.3 is 10.0 Å².